The Hall–Kier alpha value is -1.65. The van der Waals surface area contributed by atoms with E-state index in [1.165, 1.54) is 0 Å². The zero-order valence-corrected chi connectivity index (χ0v) is 7.62. The van der Waals surface area contributed by atoms with Gasteiger partial charge in [-0.3, -0.25) is 0 Å². The Morgan fingerprint density at radius 2 is 2.31 bits per heavy atom. The molecule has 1 aromatic carbocycles. The van der Waals surface area contributed by atoms with Crippen LogP contribution in [0, 0.1) is 6.92 Å². The SMILES string of the molecule is Cc1ccc2nsnc2c1N=[N+]=[N-]. The first kappa shape index (κ1) is 7.97. The van der Waals surface area contributed by atoms with Crippen LogP contribution in [0.3, 0.4) is 0 Å². The minimum absolute atomic E-state index is 0.578. The molecule has 0 N–H and O–H groups in total. The van der Waals surface area contributed by atoms with Crippen molar-refractivity contribution in [2.24, 2.45) is 5.11 Å². The quantitative estimate of drug-likeness (QED) is 0.394. The van der Waals surface area contributed by atoms with Crippen LogP contribution in [0.2, 0.25) is 0 Å². The monoisotopic (exact) mass is 191 g/mol. The predicted octanol–water partition coefficient (Wildman–Crippen LogP) is 2.94. The third-order valence-electron chi connectivity index (χ3n) is 1.75. The van der Waals surface area contributed by atoms with E-state index in [2.05, 4.69) is 18.8 Å². The Balaban J connectivity index is 2.87. The van der Waals surface area contributed by atoms with E-state index < -0.39 is 0 Å². The molecule has 0 fully saturated rings. The lowest BCUT2D eigenvalue weighted by Gasteiger charge is -1.96. The summed E-state index contributed by atoms with van der Waals surface area (Å²) in [6.07, 6.45) is 0. The fraction of sp³-hybridized carbons (Fsp3) is 0.143. The smallest absolute Gasteiger partial charge is 0.114 e. The maximum atomic E-state index is 8.35. The molecule has 13 heavy (non-hydrogen) atoms. The Morgan fingerprint density at radius 1 is 1.46 bits per heavy atom. The topological polar surface area (TPSA) is 74.5 Å². The predicted molar refractivity (Wildman–Crippen MR) is 51.0 cm³/mol. The molecule has 1 aromatic heterocycles. The van der Waals surface area contributed by atoms with E-state index in [0.717, 1.165) is 22.8 Å². The van der Waals surface area contributed by atoms with Crippen LogP contribution < -0.4 is 0 Å². The molecule has 0 aliphatic carbocycles. The lowest BCUT2D eigenvalue weighted by atomic mass is 10.2. The molecule has 0 spiro atoms. The Kier molecular flexibility index (Phi) is 1.84. The highest BCUT2D eigenvalue weighted by Crippen LogP contribution is 2.28. The summed E-state index contributed by atoms with van der Waals surface area (Å²) in [5.74, 6) is 0. The zero-order chi connectivity index (χ0) is 9.26. The van der Waals surface area contributed by atoms with Gasteiger partial charge in [-0.05, 0) is 24.1 Å². The van der Waals surface area contributed by atoms with Crippen LogP contribution in [0.4, 0.5) is 5.69 Å². The van der Waals surface area contributed by atoms with Gasteiger partial charge in [0.25, 0.3) is 0 Å². The molecule has 0 aliphatic heterocycles. The van der Waals surface area contributed by atoms with Gasteiger partial charge in [-0.2, -0.15) is 8.75 Å². The van der Waals surface area contributed by atoms with E-state index in [0.29, 0.717) is 11.2 Å². The van der Waals surface area contributed by atoms with Crippen LogP contribution in [-0.2, 0) is 0 Å². The summed E-state index contributed by atoms with van der Waals surface area (Å²) < 4.78 is 8.11. The summed E-state index contributed by atoms with van der Waals surface area (Å²) in [6, 6.07) is 3.73. The second-order valence-electron chi connectivity index (χ2n) is 2.55. The fourth-order valence-corrected chi connectivity index (χ4v) is 1.65. The first-order chi connectivity index (χ1) is 6.33. The molecular weight excluding hydrogens is 186 g/mol. The Bertz CT molecular complexity index is 497. The van der Waals surface area contributed by atoms with Crippen molar-refractivity contribution in [3.63, 3.8) is 0 Å². The molecule has 0 saturated heterocycles. The minimum atomic E-state index is 0.578. The first-order valence-electron chi connectivity index (χ1n) is 3.60. The highest BCUT2D eigenvalue weighted by atomic mass is 32.1. The largest absolute Gasteiger partial charge is 0.173 e. The molecule has 0 bridgehead atoms. The van der Waals surface area contributed by atoms with Crippen molar-refractivity contribution in [3.05, 3.63) is 28.1 Å². The Morgan fingerprint density at radius 3 is 3.08 bits per heavy atom. The highest BCUT2D eigenvalue weighted by molar-refractivity contribution is 7.00. The number of benzene rings is 1. The van der Waals surface area contributed by atoms with Crippen molar-refractivity contribution in [1.82, 2.24) is 8.75 Å². The van der Waals surface area contributed by atoms with Gasteiger partial charge < -0.3 is 0 Å². The number of rotatable bonds is 1. The molecule has 0 amide bonds. The van der Waals surface area contributed by atoms with Gasteiger partial charge in [0, 0.05) is 4.91 Å². The summed E-state index contributed by atoms with van der Waals surface area (Å²) in [5.41, 5.74) is 11.3. The van der Waals surface area contributed by atoms with Crippen molar-refractivity contribution < 1.29 is 0 Å². The average molecular weight is 191 g/mol. The van der Waals surface area contributed by atoms with Crippen molar-refractivity contribution in [2.45, 2.75) is 6.92 Å². The summed E-state index contributed by atoms with van der Waals surface area (Å²) in [5, 5.41) is 3.59. The van der Waals surface area contributed by atoms with Crippen LogP contribution >= 0.6 is 11.7 Å². The number of hydrogen-bond donors (Lipinski definition) is 0. The number of aryl methyl sites for hydroxylation is 1. The second-order valence-corrected chi connectivity index (χ2v) is 3.08. The minimum Gasteiger partial charge on any atom is -0.173 e. The third kappa shape index (κ3) is 1.22. The molecular formula is C7H5N5S. The Labute approximate surface area is 78.0 Å². The third-order valence-corrected chi connectivity index (χ3v) is 2.29. The van der Waals surface area contributed by atoms with Gasteiger partial charge in [0.1, 0.15) is 11.0 Å². The summed E-state index contributed by atoms with van der Waals surface area (Å²) in [6.45, 7) is 1.88. The van der Waals surface area contributed by atoms with Crippen molar-refractivity contribution in [1.29, 1.82) is 0 Å². The summed E-state index contributed by atoms with van der Waals surface area (Å²) in [4.78, 5) is 2.76. The summed E-state index contributed by atoms with van der Waals surface area (Å²) >= 11 is 1.12. The number of azide groups is 1. The van der Waals surface area contributed by atoms with E-state index in [-0.39, 0.29) is 0 Å². The molecule has 5 nitrogen and oxygen atoms in total. The molecule has 0 radical (unpaired) electrons. The van der Waals surface area contributed by atoms with E-state index in [4.69, 9.17) is 5.53 Å². The molecule has 64 valence electrons. The van der Waals surface area contributed by atoms with Crippen LogP contribution in [0.5, 0.6) is 0 Å². The van der Waals surface area contributed by atoms with Crippen molar-refractivity contribution in [3.8, 4) is 0 Å². The standard InChI is InChI=1S/C7H5N5S/c1-4-2-3-5-7(11-13-10-5)6(4)9-12-8/h2-3H,1H3. The highest BCUT2D eigenvalue weighted by Gasteiger charge is 2.05. The van der Waals surface area contributed by atoms with Crippen molar-refractivity contribution >= 4 is 28.4 Å². The van der Waals surface area contributed by atoms with E-state index in [1.807, 2.05) is 19.1 Å². The van der Waals surface area contributed by atoms with Crippen LogP contribution in [0.15, 0.2) is 17.2 Å². The molecule has 0 saturated carbocycles. The first-order valence-corrected chi connectivity index (χ1v) is 4.33. The number of fused-ring (bicyclic) bond motifs is 1. The molecule has 0 unspecified atom stereocenters. The van der Waals surface area contributed by atoms with Gasteiger partial charge >= 0.3 is 0 Å². The molecule has 2 rings (SSSR count). The normalized spacial score (nSPS) is 9.92. The summed E-state index contributed by atoms with van der Waals surface area (Å²) in [7, 11) is 0. The second kappa shape index (κ2) is 3.01. The van der Waals surface area contributed by atoms with Gasteiger partial charge in [-0.25, -0.2) is 0 Å². The number of hydrogen-bond acceptors (Lipinski definition) is 4. The van der Waals surface area contributed by atoms with Crippen molar-refractivity contribution in [2.75, 3.05) is 0 Å². The fourth-order valence-electron chi connectivity index (χ4n) is 1.11. The molecule has 0 atom stereocenters. The van der Waals surface area contributed by atoms with E-state index in [9.17, 15) is 0 Å². The molecule has 1 heterocycles. The number of nitrogens with zero attached hydrogens (tertiary/aromatic N) is 5. The number of aromatic nitrogens is 2. The molecule has 6 heteroatoms. The van der Waals surface area contributed by atoms with Crippen LogP contribution in [0.25, 0.3) is 21.5 Å². The van der Waals surface area contributed by atoms with Gasteiger partial charge in [0.15, 0.2) is 0 Å². The van der Waals surface area contributed by atoms with Gasteiger partial charge in [0.05, 0.1) is 17.4 Å². The zero-order valence-electron chi connectivity index (χ0n) is 6.80. The van der Waals surface area contributed by atoms with E-state index >= 15 is 0 Å². The molecule has 2 aromatic rings. The maximum Gasteiger partial charge on any atom is 0.114 e. The lowest BCUT2D eigenvalue weighted by molar-refractivity contribution is 1.39. The molecule has 0 aliphatic rings. The van der Waals surface area contributed by atoms with Gasteiger partial charge in [-0.15, -0.1) is 0 Å². The van der Waals surface area contributed by atoms with E-state index in [1.54, 1.807) is 0 Å². The average Bonchev–Trinajstić information content (AvgIpc) is 2.58. The lowest BCUT2D eigenvalue weighted by Crippen LogP contribution is -1.76. The van der Waals surface area contributed by atoms with Crippen LogP contribution in [0.1, 0.15) is 5.56 Å². The maximum absolute atomic E-state index is 8.35. The van der Waals surface area contributed by atoms with Gasteiger partial charge in [0.2, 0.25) is 0 Å². The van der Waals surface area contributed by atoms with Gasteiger partial charge in [-0.1, -0.05) is 11.2 Å². The van der Waals surface area contributed by atoms with Crippen LogP contribution in [-0.4, -0.2) is 8.75 Å².